The van der Waals surface area contributed by atoms with Crippen LogP contribution in [0.4, 0.5) is 23.3 Å². The number of benzene rings is 1. The number of hydrogen-bond donors (Lipinski definition) is 2. The summed E-state index contributed by atoms with van der Waals surface area (Å²) in [6.07, 6.45) is 4.70. The lowest BCUT2D eigenvalue weighted by Crippen LogP contribution is -2.35. The molecule has 0 bridgehead atoms. The molecule has 2 aliphatic heterocycles. The Kier molecular flexibility index (Phi) is 8.54. The largest absolute Gasteiger partial charge is 0.369 e. The summed E-state index contributed by atoms with van der Waals surface area (Å²) in [7, 11) is -1.81. The molecule has 3 heterocycles. The fourth-order valence-electron chi connectivity index (χ4n) is 4.37. The van der Waals surface area contributed by atoms with Gasteiger partial charge in [0.25, 0.3) is 5.69 Å². The molecule has 0 atom stereocenters. The number of hydrogen-bond acceptors (Lipinski definition) is 10. The minimum atomic E-state index is -3.73. The van der Waals surface area contributed by atoms with E-state index < -0.39 is 14.9 Å². The summed E-state index contributed by atoms with van der Waals surface area (Å²) in [5, 5.41) is 14.2. The third kappa shape index (κ3) is 6.80. The molecule has 0 amide bonds. The number of anilines is 3. The van der Waals surface area contributed by atoms with Gasteiger partial charge in [-0.1, -0.05) is 0 Å². The van der Waals surface area contributed by atoms with E-state index in [-0.39, 0.29) is 17.1 Å². The van der Waals surface area contributed by atoms with Crippen LogP contribution in [-0.2, 0) is 10.0 Å². The minimum absolute atomic E-state index is 0.00351. The lowest BCUT2D eigenvalue weighted by molar-refractivity contribution is -0.384. The number of nitro groups is 1. The van der Waals surface area contributed by atoms with Gasteiger partial charge in [0, 0.05) is 70.6 Å². The average molecular weight is 519 g/mol. The Hall–Kier alpha value is -3.03. The lowest BCUT2D eigenvalue weighted by Gasteiger charge is -2.22. The second-order valence-corrected chi connectivity index (χ2v) is 10.9. The van der Waals surface area contributed by atoms with Gasteiger partial charge in [0.1, 0.15) is 11.6 Å². The molecule has 13 heteroatoms. The van der Waals surface area contributed by atoms with Gasteiger partial charge >= 0.3 is 0 Å². The van der Waals surface area contributed by atoms with Crippen molar-refractivity contribution in [3.8, 4) is 0 Å². The number of non-ortho nitro benzene ring substituents is 1. The van der Waals surface area contributed by atoms with Gasteiger partial charge in [-0.2, -0.15) is 9.97 Å². The van der Waals surface area contributed by atoms with Crippen LogP contribution in [0.5, 0.6) is 0 Å². The summed E-state index contributed by atoms with van der Waals surface area (Å²) in [5.74, 6) is 2.57. The second kappa shape index (κ2) is 11.8. The SMILES string of the molecule is CN(CCNc1cc(N2CCCC2)nc(N2CCCC2)n1)CCNS(=O)(=O)c1ccc([N+](=O)[O-])cc1. The summed E-state index contributed by atoms with van der Waals surface area (Å²) in [6.45, 7) is 6.10. The molecule has 2 aromatic rings. The number of sulfonamides is 1. The van der Waals surface area contributed by atoms with Crippen molar-refractivity contribution in [2.75, 3.05) is 74.5 Å². The maximum Gasteiger partial charge on any atom is 0.269 e. The molecular weight excluding hydrogens is 484 g/mol. The Morgan fingerprint density at radius 1 is 0.972 bits per heavy atom. The van der Waals surface area contributed by atoms with Crippen LogP contribution in [0.15, 0.2) is 35.2 Å². The van der Waals surface area contributed by atoms with Gasteiger partial charge < -0.3 is 20.0 Å². The van der Waals surface area contributed by atoms with E-state index in [9.17, 15) is 18.5 Å². The van der Waals surface area contributed by atoms with E-state index in [0.717, 1.165) is 43.8 Å². The number of nitrogens with one attached hydrogen (secondary N) is 2. The van der Waals surface area contributed by atoms with Crippen molar-refractivity contribution in [1.82, 2.24) is 19.6 Å². The second-order valence-electron chi connectivity index (χ2n) is 9.18. The fourth-order valence-corrected chi connectivity index (χ4v) is 5.39. The average Bonchev–Trinajstić information content (AvgIpc) is 3.59. The molecule has 2 fully saturated rings. The highest BCUT2D eigenvalue weighted by Crippen LogP contribution is 2.25. The molecule has 0 spiro atoms. The number of nitrogens with zero attached hydrogens (tertiary/aromatic N) is 6. The van der Waals surface area contributed by atoms with Crippen molar-refractivity contribution in [2.45, 2.75) is 30.6 Å². The first-order valence-corrected chi connectivity index (χ1v) is 13.9. The highest BCUT2D eigenvalue weighted by molar-refractivity contribution is 7.89. The van der Waals surface area contributed by atoms with Crippen LogP contribution in [0.1, 0.15) is 25.7 Å². The summed E-state index contributed by atoms with van der Waals surface area (Å²) in [4.78, 5) is 26.4. The van der Waals surface area contributed by atoms with E-state index in [1.54, 1.807) is 0 Å². The molecule has 196 valence electrons. The zero-order valence-corrected chi connectivity index (χ0v) is 21.4. The summed E-state index contributed by atoms with van der Waals surface area (Å²) < 4.78 is 27.4. The van der Waals surface area contributed by atoms with Crippen molar-refractivity contribution in [1.29, 1.82) is 0 Å². The van der Waals surface area contributed by atoms with Crippen LogP contribution in [0.3, 0.4) is 0 Å². The van der Waals surface area contributed by atoms with Crippen molar-refractivity contribution < 1.29 is 13.3 Å². The highest BCUT2D eigenvalue weighted by atomic mass is 32.2. The number of likely N-dealkylation sites (N-methyl/N-ethyl adjacent to an activating group) is 1. The third-order valence-corrected chi connectivity index (χ3v) is 7.94. The van der Waals surface area contributed by atoms with Crippen LogP contribution in [0.2, 0.25) is 0 Å². The standard InChI is InChI=1S/C23H34N8O4S/c1-28(17-11-25-36(34,35)20-8-6-19(7-9-20)31(32)33)16-10-24-21-18-22(29-12-2-3-13-29)27-23(26-21)30-14-4-5-15-30/h6-9,18,25H,2-5,10-17H2,1H3,(H,24,26,27). The predicted molar refractivity (Wildman–Crippen MR) is 139 cm³/mol. The van der Waals surface area contributed by atoms with Crippen LogP contribution in [-0.4, -0.2) is 87.6 Å². The van der Waals surface area contributed by atoms with Crippen LogP contribution in [0.25, 0.3) is 0 Å². The Bertz CT molecular complexity index is 1100. The van der Waals surface area contributed by atoms with Crippen molar-refractivity contribution in [3.63, 3.8) is 0 Å². The van der Waals surface area contributed by atoms with E-state index >= 15 is 0 Å². The van der Waals surface area contributed by atoms with Crippen molar-refractivity contribution in [2.24, 2.45) is 0 Å². The number of nitro benzene ring substituents is 1. The summed E-state index contributed by atoms with van der Waals surface area (Å²) in [6, 6.07) is 6.86. The Morgan fingerprint density at radius 2 is 1.58 bits per heavy atom. The van der Waals surface area contributed by atoms with Crippen molar-refractivity contribution >= 4 is 33.3 Å². The highest BCUT2D eigenvalue weighted by Gasteiger charge is 2.20. The molecule has 0 radical (unpaired) electrons. The quantitative estimate of drug-likeness (QED) is 0.317. The van der Waals surface area contributed by atoms with Gasteiger partial charge in [-0.05, 0) is 44.9 Å². The van der Waals surface area contributed by atoms with Gasteiger partial charge in [0.2, 0.25) is 16.0 Å². The van der Waals surface area contributed by atoms with Crippen LogP contribution >= 0.6 is 0 Å². The zero-order valence-electron chi connectivity index (χ0n) is 20.6. The van der Waals surface area contributed by atoms with Crippen molar-refractivity contribution in [3.05, 3.63) is 40.4 Å². The normalized spacial score (nSPS) is 16.2. The Balaban J connectivity index is 1.26. The van der Waals surface area contributed by atoms with E-state index in [1.165, 1.54) is 49.9 Å². The van der Waals surface area contributed by atoms with E-state index in [1.807, 2.05) is 18.0 Å². The molecule has 36 heavy (non-hydrogen) atoms. The fraction of sp³-hybridized carbons (Fsp3) is 0.565. The van der Waals surface area contributed by atoms with Crippen LogP contribution < -0.4 is 19.8 Å². The van der Waals surface area contributed by atoms with E-state index in [2.05, 4.69) is 19.8 Å². The van der Waals surface area contributed by atoms with Gasteiger partial charge in [-0.3, -0.25) is 10.1 Å². The van der Waals surface area contributed by atoms with Gasteiger partial charge in [0.05, 0.1) is 9.82 Å². The van der Waals surface area contributed by atoms with E-state index in [4.69, 9.17) is 9.97 Å². The Morgan fingerprint density at radius 3 is 2.22 bits per heavy atom. The molecule has 2 saturated heterocycles. The van der Waals surface area contributed by atoms with E-state index in [0.29, 0.717) is 19.6 Å². The van der Waals surface area contributed by atoms with Gasteiger partial charge in [0.15, 0.2) is 0 Å². The topological polar surface area (TPSA) is 137 Å². The molecular formula is C23H34N8O4S. The number of aromatic nitrogens is 2. The van der Waals surface area contributed by atoms with Crippen LogP contribution in [0, 0.1) is 10.1 Å². The molecule has 2 N–H and O–H groups in total. The molecule has 0 aliphatic carbocycles. The molecule has 1 aromatic heterocycles. The number of rotatable bonds is 12. The molecule has 2 aliphatic rings. The molecule has 0 saturated carbocycles. The third-order valence-electron chi connectivity index (χ3n) is 6.46. The molecule has 1 aromatic carbocycles. The summed E-state index contributed by atoms with van der Waals surface area (Å²) >= 11 is 0. The lowest BCUT2D eigenvalue weighted by atomic mass is 10.3. The first-order valence-electron chi connectivity index (χ1n) is 12.4. The van der Waals surface area contributed by atoms with Gasteiger partial charge in [-0.15, -0.1) is 0 Å². The first-order chi connectivity index (χ1) is 17.3. The predicted octanol–water partition coefficient (Wildman–Crippen LogP) is 1.91. The monoisotopic (exact) mass is 518 g/mol. The van der Waals surface area contributed by atoms with Gasteiger partial charge in [-0.25, -0.2) is 13.1 Å². The Labute approximate surface area is 211 Å². The maximum atomic E-state index is 12.4. The minimum Gasteiger partial charge on any atom is -0.369 e. The first kappa shape index (κ1) is 26.0. The molecule has 0 unspecified atom stereocenters. The summed E-state index contributed by atoms with van der Waals surface area (Å²) in [5.41, 5.74) is -0.148. The molecule has 4 rings (SSSR count). The smallest absolute Gasteiger partial charge is 0.269 e. The zero-order chi connectivity index (χ0) is 25.5. The molecule has 12 nitrogen and oxygen atoms in total. The maximum absolute atomic E-state index is 12.4.